The molecule has 0 unspecified atom stereocenters. The van der Waals surface area contributed by atoms with E-state index in [-0.39, 0.29) is 23.7 Å². The number of aromatic nitrogens is 1. The quantitative estimate of drug-likeness (QED) is 0.190. The molecule has 0 fully saturated rings. The minimum Gasteiger partial charge on any atom is -0.468 e. The number of nitrogens with zero attached hydrogens (tertiary/aromatic N) is 2. The van der Waals surface area contributed by atoms with Gasteiger partial charge < -0.3 is 8.60 Å². The van der Waals surface area contributed by atoms with Crippen LogP contribution in [0.2, 0.25) is 0 Å². The molecule has 0 bridgehead atoms. The van der Waals surface area contributed by atoms with Gasteiger partial charge >= 0.3 is 16.3 Å². The van der Waals surface area contributed by atoms with Crippen molar-refractivity contribution >= 4 is 31.0 Å². The van der Waals surface area contributed by atoms with E-state index in [4.69, 9.17) is 8.60 Å². The number of furan rings is 1. The van der Waals surface area contributed by atoms with Gasteiger partial charge in [-0.2, -0.15) is 25.9 Å². The van der Waals surface area contributed by atoms with Gasteiger partial charge in [0.15, 0.2) is 0 Å². The number of hydrogen-bond donors (Lipinski definition) is 0. The smallest absolute Gasteiger partial charge is 0.416 e. The molecule has 5 aromatic rings. The van der Waals surface area contributed by atoms with Gasteiger partial charge in [-0.25, -0.2) is 8.42 Å². The molecule has 2 aromatic heterocycles. The number of rotatable bonds is 9. The minimum atomic E-state index is -4.73. The van der Waals surface area contributed by atoms with E-state index < -0.39 is 36.8 Å². The van der Waals surface area contributed by atoms with Gasteiger partial charge in [-0.15, -0.1) is 0 Å². The highest BCUT2D eigenvalue weighted by molar-refractivity contribution is 7.89. The molecule has 0 saturated heterocycles. The van der Waals surface area contributed by atoms with Crippen molar-refractivity contribution in [2.24, 2.45) is 0 Å². The van der Waals surface area contributed by atoms with Crippen LogP contribution in [-0.2, 0) is 39.4 Å². The average molecular weight is 603 g/mol. The first-order valence-electron chi connectivity index (χ1n) is 12.0. The molecule has 3 aromatic carbocycles. The van der Waals surface area contributed by atoms with Gasteiger partial charge in [0.25, 0.3) is 0 Å². The number of halogens is 3. The van der Waals surface area contributed by atoms with E-state index in [2.05, 4.69) is 4.98 Å². The highest BCUT2D eigenvalue weighted by Gasteiger charge is 2.32. The maximum absolute atomic E-state index is 13.8. The van der Waals surface area contributed by atoms with Crippen LogP contribution in [0.25, 0.3) is 10.9 Å². The molecule has 2 heterocycles. The van der Waals surface area contributed by atoms with Crippen LogP contribution < -0.4 is 4.18 Å². The molecule has 0 aliphatic carbocycles. The maximum Gasteiger partial charge on any atom is 0.416 e. The van der Waals surface area contributed by atoms with Crippen LogP contribution in [0.15, 0.2) is 118 Å². The number of sulfonamides is 1. The van der Waals surface area contributed by atoms with Gasteiger partial charge in [-0.3, -0.25) is 4.98 Å². The molecule has 0 amide bonds. The summed E-state index contributed by atoms with van der Waals surface area (Å²) in [6.07, 6.45) is -1.79. The molecule has 0 atom stereocenters. The molecule has 0 spiro atoms. The summed E-state index contributed by atoms with van der Waals surface area (Å²) in [6, 6.07) is 20.3. The highest BCUT2D eigenvalue weighted by Crippen LogP contribution is 2.32. The Labute approximate surface area is 233 Å². The van der Waals surface area contributed by atoms with Crippen molar-refractivity contribution in [1.82, 2.24) is 9.29 Å². The number of alkyl halides is 3. The molecule has 5 rings (SSSR count). The van der Waals surface area contributed by atoms with Crippen LogP contribution in [0.5, 0.6) is 5.75 Å². The third kappa shape index (κ3) is 6.26. The van der Waals surface area contributed by atoms with Crippen molar-refractivity contribution in [2.45, 2.75) is 29.1 Å². The molecule has 212 valence electrons. The lowest BCUT2D eigenvalue weighted by Gasteiger charge is -2.22. The van der Waals surface area contributed by atoms with Crippen LogP contribution >= 0.6 is 0 Å². The van der Waals surface area contributed by atoms with Crippen molar-refractivity contribution in [1.29, 1.82) is 0 Å². The zero-order valence-electron chi connectivity index (χ0n) is 21.0. The van der Waals surface area contributed by atoms with Crippen LogP contribution in [0, 0.1) is 0 Å². The monoisotopic (exact) mass is 602 g/mol. The Morgan fingerprint density at radius 1 is 0.829 bits per heavy atom. The van der Waals surface area contributed by atoms with Crippen LogP contribution in [0.3, 0.4) is 0 Å². The van der Waals surface area contributed by atoms with Crippen molar-refractivity contribution in [2.75, 3.05) is 0 Å². The Hall–Kier alpha value is -4.20. The number of fused-ring (bicyclic) bond motifs is 1. The minimum absolute atomic E-state index is 0.00860. The number of para-hydroxylation sites is 1. The second kappa shape index (κ2) is 11.0. The molecular formula is C28H21F3N2O6S2. The van der Waals surface area contributed by atoms with Gasteiger partial charge in [0, 0.05) is 18.1 Å². The summed E-state index contributed by atoms with van der Waals surface area (Å²) in [5.41, 5.74) is -0.336. The zero-order valence-corrected chi connectivity index (χ0v) is 22.7. The van der Waals surface area contributed by atoms with E-state index in [1.807, 2.05) is 0 Å². The fourth-order valence-electron chi connectivity index (χ4n) is 4.08. The van der Waals surface area contributed by atoms with Crippen molar-refractivity contribution < 1.29 is 38.6 Å². The van der Waals surface area contributed by atoms with E-state index in [9.17, 15) is 30.0 Å². The lowest BCUT2D eigenvalue weighted by molar-refractivity contribution is -0.137. The molecule has 13 heteroatoms. The molecule has 0 aliphatic heterocycles. The van der Waals surface area contributed by atoms with Gasteiger partial charge in [0.1, 0.15) is 21.3 Å². The summed E-state index contributed by atoms with van der Waals surface area (Å²) >= 11 is 0. The fraction of sp³-hybridized carbons (Fsp3) is 0.107. The first-order valence-corrected chi connectivity index (χ1v) is 14.9. The predicted octanol–water partition coefficient (Wildman–Crippen LogP) is 6.01. The second-order valence-corrected chi connectivity index (χ2v) is 12.3. The highest BCUT2D eigenvalue weighted by atomic mass is 32.2. The van der Waals surface area contributed by atoms with E-state index in [0.717, 1.165) is 18.2 Å². The fourth-order valence-corrected chi connectivity index (χ4v) is 6.62. The molecule has 0 radical (unpaired) electrons. The first kappa shape index (κ1) is 28.3. The lowest BCUT2D eigenvalue weighted by atomic mass is 10.2. The molecule has 41 heavy (non-hydrogen) atoms. The van der Waals surface area contributed by atoms with Gasteiger partial charge in [-0.1, -0.05) is 36.4 Å². The van der Waals surface area contributed by atoms with Crippen LogP contribution in [0.1, 0.15) is 16.9 Å². The van der Waals surface area contributed by atoms with E-state index in [1.54, 1.807) is 36.4 Å². The Bertz CT molecular complexity index is 1890. The number of pyridine rings is 1. The largest absolute Gasteiger partial charge is 0.468 e. The van der Waals surface area contributed by atoms with Crippen molar-refractivity contribution in [3.05, 3.63) is 120 Å². The SMILES string of the molecule is O=S(=O)(Oc1ccc(CN(Cc2ccco2)S(=O)(=O)c2cccc3cccnc23)cc1)c1cccc(C(F)(F)F)c1. The Balaban J connectivity index is 1.41. The van der Waals surface area contributed by atoms with Gasteiger partial charge in [-0.05, 0) is 60.2 Å². The summed E-state index contributed by atoms with van der Waals surface area (Å²) in [4.78, 5) is 3.61. The van der Waals surface area contributed by atoms with Crippen LogP contribution in [-0.4, -0.2) is 26.1 Å². The van der Waals surface area contributed by atoms with Crippen molar-refractivity contribution in [3.8, 4) is 5.75 Å². The third-order valence-electron chi connectivity index (χ3n) is 6.06. The third-order valence-corrected chi connectivity index (χ3v) is 9.13. The summed E-state index contributed by atoms with van der Waals surface area (Å²) < 4.78 is 104. The van der Waals surface area contributed by atoms with E-state index in [1.165, 1.54) is 47.1 Å². The summed E-state index contributed by atoms with van der Waals surface area (Å²) in [5, 5.41) is 0.648. The zero-order chi connectivity index (χ0) is 29.3. The van der Waals surface area contributed by atoms with E-state index in [0.29, 0.717) is 28.3 Å². The normalized spacial score (nSPS) is 12.6. The second-order valence-electron chi connectivity index (χ2n) is 8.89. The standard InChI is InChI=1S/C28H21F3N2O6S2/c29-28(30,31)22-7-2-9-25(17-22)41(36,37)39-23-13-11-20(12-14-23)18-33(19-24-8-4-16-38-24)40(34,35)26-10-1-5-21-6-3-15-32-27(21)26/h1-17H,18-19H2. The Morgan fingerprint density at radius 3 is 2.27 bits per heavy atom. The van der Waals surface area contributed by atoms with Gasteiger partial charge in [0.05, 0.1) is 23.9 Å². The lowest BCUT2D eigenvalue weighted by Crippen LogP contribution is -2.30. The van der Waals surface area contributed by atoms with Gasteiger partial charge in [0.2, 0.25) is 10.0 Å². The summed E-state index contributed by atoms with van der Waals surface area (Å²) in [6.45, 7) is -0.215. The molecule has 0 saturated carbocycles. The number of hydrogen-bond acceptors (Lipinski definition) is 7. The Kier molecular flexibility index (Phi) is 7.60. The summed E-state index contributed by atoms with van der Waals surface area (Å²) in [7, 11) is -8.67. The average Bonchev–Trinajstić information content (AvgIpc) is 3.46. The van der Waals surface area contributed by atoms with Crippen LogP contribution in [0.4, 0.5) is 13.2 Å². The predicted molar refractivity (Wildman–Crippen MR) is 143 cm³/mol. The van der Waals surface area contributed by atoms with Crippen molar-refractivity contribution in [3.63, 3.8) is 0 Å². The number of benzene rings is 3. The molecule has 0 N–H and O–H groups in total. The maximum atomic E-state index is 13.8. The first-order chi connectivity index (χ1) is 19.4. The molecule has 0 aliphatic rings. The topological polar surface area (TPSA) is 107 Å². The molecular weight excluding hydrogens is 581 g/mol. The molecule has 8 nitrogen and oxygen atoms in total. The summed E-state index contributed by atoms with van der Waals surface area (Å²) in [5.74, 6) is 0.235. The van der Waals surface area contributed by atoms with E-state index >= 15 is 0 Å². The Morgan fingerprint density at radius 2 is 1.56 bits per heavy atom.